The molecule has 0 bridgehead atoms. The predicted molar refractivity (Wildman–Crippen MR) is 59.7 cm³/mol. The second kappa shape index (κ2) is 5.87. The summed E-state index contributed by atoms with van der Waals surface area (Å²) in [6.07, 6.45) is -4.61. The SMILES string of the molecule is CN(C)c1nc(Cl)nc(NCC(O)C(F)F)n1. The van der Waals surface area contributed by atoms with Crippen molar-refractivity contribution < 1.29 is 13.9 Å². The summed E-state index contributed by atoms with van der Waals surface area (Å²) in [6, 6.07) is 0. The van der Waals surface area contributed by atoms with Gasteiger partial charge < -0.3 is 15.3 Å². The third-order valence-electron chi connectivity index (χ3n) is 1.76. The molecule has 1 aromatic rings. The zero-order valence-electron chi connectivity index (χ0n) is 9.23. The Morgan fingerprint density at radius 2 is 2.00 bits per heavy atom. The van der Waals surface area contributed by atoms with E-state index < -0.39 is 12.5 Å². The number of alkyl halides is 2. The van der Waals surface area contributed by atoms with Gasteiger partial charge in [0.05, 0.1) is 0 Å². The number of aliphatic hydroxyl groups excluding tert-OH is 1. The highest BCUT2D eigenvalue weighted by molar-refractivity contribution is 6.28. The number of hydrogen-bond acceptors (Lipinski definition) is 6. The van der Waals surface area contributed by atoms with Crippen molar-refractivity contribution in [1.82, 2.24) is 15.0 Å². The Hall–Kier alpha value is -1.28. The minimum absolute atomic E-state index is 0.0356. The lowest BCUT2D eigenvalue weighted by Gasteiger charge is -2.13. The van der Waals surface area contributed by atoms with E-state index in [1.807, 2.05) is 0 Å². The highest BCUT2D eigenvalue weighted by atomic mass is 35.5. The van der Waals surface area contributed by atoms with E-state index in [4.69, 9.17) is 16.7 Å². The zero-order chi connectivity index (χ0) is 13.0. The van der Waals surface area contributed by atoms with E-state index in [-0.39, 0.29) is 17.8 Å². The highest BCUT2D eigenvalue weighted by Gasteiger charge is 2.17. The van der Waals surface area contributed by atoms with Gasteiger partial charge in [0.2, 0.25) is 17.2 Å². The summed E-state index contributed by atoms with van der Waals surface area (Å²) >= 11 is 5.63. The molecule has 2 N–H and O–H groups in total. The van der Waals surface area contributed by atoms with Crippen LogP contribution in [0.15, 0.2) is 0 Å². The summed E-state index contributed by atoms with van der Waals surface area (Å²) in [5.74, 6) is 0.326. The summed E-state index contributed by atoms with van der Waals surface area (Å²) in [7, 11) is 3.40. The highest BCUT2D eigenvalue weighted by Crippen LogP contribution is 2.11. The molecular formula is C8H12ClF2N5O. The molecule has 0 aromatic carbocycles. The van der Waals surface area contributed by atoms with E-state index in [0.717, 1.165) is 0 Å². The van der Waals surface area contributed by atoms with Gasteiger partial charge >= 0.3 is 0 Å². The second-order valence-corrected chi connectivity index (χ2v) is 3.74. The number of nitrogens with one attached hydrogen (secondary N) is 1. The molecule has 17 heavy (non-hydrogen) atoms. The van der Waals surface area contributed by atoms with E-state index in [1.54, 1.807) is 19.0 Å². The van der Waals surface area contributed by atoms with Crippen molar-refractivity contribution in [3.63, 3.8) is 0 Å². The number of aliphatic hydroxyl groups is 1. The monoisotopic (exact) mass is 267 g/mol. The van der Waals surface area contributed by atoms with Crippen LogP contribution in [0.1, 0.15) is 0 Å². The Kier molecular flexibility index (Phi) is 4.76. The lowest BCUT2D eigenvalue weighted by molar-refractivity contribution is 0.00376. The van der Waals surface area contributed by atoms with Gasteiger partial charge in [0.15, 0.2) is 0 Å². The van der Waals surface area contributed by atoms with Gasteiger partial charge in [0.1, 0.15) is 6.10 Å². The van der Waals surface area contributed by atoms with Crippen LogP contribution >= 0.6 is 11.6 Å². The van der Waals surface area contributed by atoms with Crippen LogP contribution in [0.4, 0.5) is 20.7 Å². The minimum Gasteiger partial charge on any atom is -0.385 e. The molecule has 1 heterocycles. The molecule has 1 rings (SSSR count). The molecule has 0 fully saturated rings. The molecule has 0 aliphatic rings. The molecule has 0 radical (unpaired) electrons. The molecular weight excluding hydrogens is 256 g/mol. The third-order valence-corrected chi connectivity index (χ3v) is 1.93. The van der Waals surface area contributed by atoms with Crippen LogP contribution in [0, 0.1) is 0 Å². The summed E-state index contributed by atoms with van der Waals surface area (Å²) in [6.45, 7) is -0.370. The summed E-state index contributed by atoms with van der Waals surface area (Å²) in [4.78, 5) is 13.0. The van der Waals surface area contributed by atoms with Gasteiger partial charge in [-0.25, -0.2) is 8.78 Å². The number of rotatable bonds is 5. The topological polar surface area (TPSA) is 74.2 Å². The van der Waals surface area contributed by atoms with Crippen LogP contribution in [-0.2, 0) is 0 Å². The van der Waals surface area contributed by atoms with Gasteiger partial charge in [-0.2, -0.15) is 15.0 Å². The molecule has 0 amide bonds. The van der Waals surface area contributed by atoms with E-state index in [1.165, 1.54) is 0 Å². The second-order valence-electron chi connectivity index (χ2n) is 3.41. The first kappa shape index (κ1) is 13.8. The van der Waals surface area contributed by atoms with Crippen molar-refractivity contribution in [2.75, 3.05) is 30.9 Å². The Labute approximate surface area is 102 Å². The lowest BCUT2D eigenvalue weighted by Crippen LogP contribution is -2.27. The molecule has 0 saturated carbocycles. The molecule has 9 heteroatoms. The fourth-order valence-electron chi connectivity index (χ4n) is 0.904. The van der Waals surface area contributed by atoms with Crippen molar-refractivity contribution in [2.45, 2.75) is 12.5 Å². The van der Waals surface area contributed by atoms with E-state index in [0.29, 0.717) is 5.95 Å². The minimum atomic E-state index is -2.83. The molecule has 6 nitrogen and oxygen atoms in total. The van der Waals surface area contributed by atoms with Gasteiger partial charge in [0, 0.05) is 20.6 Å². The van der Waals surface area contributed by atoms with E-state index >= 15 is 0 Å². The summed E-state index contributed by atoms with van der Waals surface area (Å²) in [5.41, 5.74) is 0. The molecule has 0 saturated heterocycles. The van der Waals surface area contributed by atoms with Crippen LogP contribution < -0.4 is 10.2 Å². The number of nitrogens with zero attached hydrogens (tertiary/aromatic N) is 4. The number of halogens is 3. The molecule has 0 spiro atoms. The van der Waals surface area contributed by atoms with Gasteiger partial charge in [0.25, 0.3) is 6.43 Å². The predicted octanol–water partition coefficient (Wildman–Crippen LogP) is 0.629. The van der Waals surface area contributed by atoms with Crippen LogP contribution in [0.5, 0.6) is 0 Å². The largest absolute Gasteiger partial charge is 0.385 e. The van der Waals surface area contributed by atoms with Gasteiger partial charge in [-0.15, -0.1) is 0 Å². The molecule has 1 atom stereocenters. The van der Waals surface area contributed by atoms with Crippen LogP contribution in [0.2, 0.25) is 5.28 Å². The fourth-order valence-corrected chi connectivity index (χ4v) is 1.06. The standard InChI is InChI=1S/C8H12ClF2N5O/c1-16(2)8-14-6(9)13-7(15-8)12-3-4(17)5(10)11/h4-5,17H,3H2,1-2H3,(H,12,13,14,15). The van der Waals surface area contributed by atoms with Crippen LogP contribution in [-0.4, -0.2) is 53.2 Å². The molecule has 96 valence electrons. The van der Waals surface area contributed by atoms with Crippen molar-refractivity contribution in [3.05, 3.63) is 5.28 Å². The van der Waals surface area contributed by atoms with Crippen molar-refractivity contribution >= 4 is 23.5 Å². The smallest absolute Gasteiger partial charge is 0.265 e. The van der Waals surface area contributed by atoms with E-state index in [9.17, 15) is 8.78 Å². The molecule has 1 aromatic heterocycles. The van der Waals surface area contributed by atoms with Crippen molar-refractivity contribution in [3.8, 4) is 0 Å². The number of aromatic nitrogens is 3. The quantitative estimate of drug-likeness (QED) is 0.815. The van der Waals surface area contributed by atoms with E-state index in [2.05, 4.69) is 20.3 Å². The maximum absolute atomic E-state index is 12.0. The fraction of sp³-hybridized carbons (Fsp3) is 0.625. The average Bonchev–Trinajstić information content (AvgIpc) is 2.24. The Balaban J connectivity index is 2.71. The third kappa shape index (κ3) is 4.23. The van der Waals surface area contributed by atoms with Gasteiger partial charge in [-0.05, 0) is 11.6 Å². The molecule has 0 aliphatic carbocycles. The van der Waals surface area contributed by atoms with Gasteiger partial charge in [-0.3, -0.25) is 0 Å². The average molecular weight is 268 g/mol. The summed E-state index contributed by atoms with van der Waals surface area (Å²) < 4.78 is 24.1. The zero-order valence-corrected chi connectivity index (χ0v) is 9.99. The number of hydrogen-bond donors (Lipinski definition) is 2. The first-order valence-corrected chi connectivity index (χ1v) is 5.07. The maximum Gasteiger partial charge on any atom is 0.265 e. The van der Waals surface area contributed by atoms with Gasteiger partial charge in [-0.1, -0.05) is 0 Å². The Morgan fingerprint density at radius 1 is 1.35 bits per heavy atom. The summed E-state index contributed by atoms with van der Waals surface area (Å²) in [5, 5.41) is 11.3. The molecule has 1 unspecified atom stereocenters. The maximum atomic E-state index is 12.0. The normalized spacial score (nSPS) is 12.6. The van der Waals surface area contributed by atoms with Crippen molar-refractivity contribution in [1.29, 1.82) is 0 Å². The van der Waals surface area contributed by atoms with Crippen LogP contribution in [0.25, 0.3) is 0 Å². The molecule has 0 aliphatic heterocycles. The van der Waals surface area contributed by atoms with Crippen LogP contribution in [0.3, 0.4) is 0 Å². The Bertz CT molecular complexity index is 379. The first-order chi connectivity index (χ1) is 7.90. The lowest BCUT2D eigenvalue weighted by atomic mass is 10.4. The Morgan fingerprint density at radius 3 is 2.53 bits per heavy atom. The van der Waals surface area contributed by atoms with Crippen molar-refractivity contribution in [2.24, 2.45) is 0 Å². The number of anilines is 2. The first-order valence-electron chi connectivity index (χ1n) is 4.69.